The molecule has 0 saturated heterocycles. The summed E-state index contributed by atoms with van der Waals surface area (Å²) >= 11 is 0. The fourth-order valence-corrected chi connectivity index (χ4v) is 8.25. The largest absolute Gasteiger partial charge is 0.456 e. The van der Waals surface area contributed by atoms with Gasteiger partial charge in [-0.25, -0.2) is 0 Å². The molecule has 0 unspecified atom stereocenters. The van der Waals surface area contributed by atoms with Gasteiger partial charge in [-0.15, -0.1) is 0 Å². The summed E-state index contributed by atoms with van der Waals surface area (Å²) in [4.78, 5) is 55.1. The molecule has 8 aromatic carbocycles. The van der Waals surface area contributed by atoms with Crippen LogP contribution in [-0.4, -0.2) is 23.1 Å². The van der Waals surface area contributed by atoms with Crippen LogP contribution in [0, 0.1) is 0 Å². The lowest BCUT2D eigenvalue weighted by atomic mass is 9.78. The minimum Gasteiger partial charge on any atom is -0.456 e. The van der Waals surface area contributed by atoms with Crippen LogP contribution in [0.5, 0.6) is 23.0 Å². The van der Waals surface area contributed by atoms with Crippen molar-refractivity contribution in [2.45, 2.75) is 19.3 Å². The third-order valence-corrected chi connectivity index (χ3v) is 11.4. The van der Waals surface area contributed by atoms with Gasteiger partial charge in [-0.05, 0) is 58.3 Å². The Morgan fingerprint density at radius 1 is 0.368 bits per heavy atom. The van der Waals surface area contributed by atoms with Crippen LogP contribution in [-0.2, 0) is 5.41 Å². The second-order valence-corrected chi connectivity index (χ2v) is 15.0. The van der Waals surface area contributed by atoms with Crippen molar-refractivity contribution in [1.82, 2.24) is 0 Å². The third kappa shape index (κ3) is 5.33. The summed E-state index contributed by atoms with van der Waals surface area (Å²) in [5, 5.41) is 3.10. The summed E-state index contributed by atoms with van der Waals surface area (Å²) in [7, 11) is 0. The Hall–Kier alpha value is -7.44. The van der Waals surface area contributed by atoms with Crippen molar-refractivity contribution in [1.29, 1.82) is 0 Å². The van der Waals surface area contributed by atoms with E-state index in [-0.39, 0.29) is 34.3 Å². The van der Waals surface area contributed by atoms with Gasteiger partial charge in [0.25, 0.3) is 0 Å². The highest BCUT2D eigenvalue weighted by molar-refractivity contribution is 6.32. The van der Waals surface area contributed by atoms with E-state index in [1.165, 1.54) is 0 Å². The molecule has 0 bridgehead atoms. The first-order valence-corrected chi connectivity index (χ1v) is 18.7. The number of hydrogen-bond donors (Lipinski definition) is 0. The number of carbonyl (C=O) groups excluding carboxylic acids is 4. The molecule has 10 rings (SSSR count). The Morgan fingerprint density at radius 2 is 0.702 bits per heavy atom. The fourth-order valence-electron chi connectivity index (χ4n) is 8.25. The van der Waals surface area contributed by atoms with Gasteiger partial charge in [0.1, 0.15) is 23.0 Å². The molecule has 0 N–H and O–H groups in total. The lowest BCUT2D eigenvalue weighted by Crippen LogP contribution is -2.21. The van der Waals surface area contributed by atoms with Gasteiger partial charge in [0.2, 0.25) is 0 Å². The maximum atomic E-state index is 13.9. The Balaban J connectivity index is 0.954. The van der Waals surface area contributed by atoms with Crippen LogP contribution in [0.1, 0.15) is 88.7 Å². The first-order chi connectivity index (χ1) is 27.7. The third-order valence-electron chi connectivity index (χ3n) is 11.4. The number of hydrogen-bond acceptors (Lipinski definition) is 6. The summed E-state index contributed by atoms with van der Waals surface area (Å²) < 4.78 is 13.1. The van der Waals surface area contributed by atoms with Crippen molar-refractivity contribution in [2.24, 2.45) is 0 Å². The van der Waals surface area contributed by atoms with E-state index >= 15 is 0 Å². The first-order valence-electron chi connectivity index (χ1n) is 18.7. The van der Waals surface area contributed by atoms with E-state index in [0.29, 0.717) is 56.4 Å². The Kier molecular flexibility index (Phi) is 7.67. The smallest absolute Gasteiger partial charge is 0.198 e. The predicted molar refractivity (Wildman–Crippen MR) is 220 cm³/mol. The van der Waals surface area contributed by atoms with Crippen molar-refractivity contribution < 1.29 is 28.7 Å². The molecule has 0 aliphatic heterocycles. The Bertz CT molecular complexity index is 2840. The summed E-state index contributed by atoms with van der Waals surface area (Å²) in [6.45, 7) is 4.26. The lowest BCUT2D eigenvalue weighted by Gasteiger charge is -2.27. The molecular weight excluding hydrogens is 709 g/mol. The van der Waals surface area contributed by atoms with Gasteiger partial charge in [0.05, 0.1) is 11.1 Å². The van der Waals surface area contributed by atoms with Crippen molar-refractivity contribution in [3.05, 3.63) is 213 Å². The summed E-state index contributed by atoms with van der Waals surface area (Å²) in [5.74, 6) is 0.914. The van der Waals surface area contributed by atoms with Crippen LogP contribution in [0.2, 0.25) is 0 Å². The molecule has 8 aromatic rings. The molecule has 6 heteroatoms. The molecule has 2 aliphatic carbocycles. The number of ketones is 4. The monoisotopic (exact) mass is 740 g/mol. The van der Waals surface area contributed by atoms with Gasteiger partial charge in [-0.2, -0.15) is 0 Å². The molecule has 6 nitrogen and oxygen atoms in total. The van der Waals surface area contributed by atoms with E-state index in [9.17, 15) is 19.2 Å². The quantitative estimate of drug-likeness (QED) is 0.169. The second-order valence-electron chi connectivity index (χ2n) is 15.0. The highest BCUT2D eigenvalue weighted by Gasteiger charge is 2.35. The minimum atomic E-state index is -0.438. The van der Waals surface area contributed by atoms with Crippen LogP contribution >= 0.6 is 0 Å². The first kappa shape index (κ1) is 34.1. The molecule has 2 aliphatic rings. The lowest BCUT2D eigenvalue weighted by molar-refractivity contribution is 0.0977. The highest BCUT2D eigenvalue weighted by atomic mass is 16.5. The maximum Gasteiger partial charge on any atom is 0.198 e. The Labute approximate surface area is 327 Å². The van der Waals surface area contributed by atoms with Crippen LogP contribution in [0.3, 0.4) is 0 Å². The summed E-state index contributed by atoms with van der Waals surface area (Å²) in [6.07, 6.45) is 0. The fraction of sp³-hybridized carbons (Fsp3) is 0.0588. The van der Waals surface area contributed by atoms with Gasteiger partial charge in [0, 0.05) is 49.6 Å². The number of ether oxygens (including phenoxy) is 2. The van der Waals surface area contributed by atoms with Gasteiger partial charge in [-0.3, -0.25) is 19.2 Å². The minimum absolute atomic E-state index is 0.199. The average molecular weight is 741 g/mol. The van der Waals surface area contributed by atoms with Crippen molar-refractivity contribution in [3.63, 3.8) is 0 Å². The normalized spacial score (nSPS) is 13.2. The second kappa shape index (κ2) is 12.8. The molecular formula is C51H32O6. The molecule has 272 valence electrons. The van der Waals surface area contributed by atoms with E-state index in [1.807, 2.05) is 97.1 Å². The van der Waals surface area contributed by atoms with Crippen LogP contribution in [0.25, 0.3) is 21.5 Å². The zero-order valence-corrected chi connectivity index (χ0v) is 31.0. The molecule has 0 saturated carbocycles. The Morgan fingerprint density at radius 3 is 1.09 bits per heavy atom. The highest BCUT2D eigenvalue weighted by Crippen LogP contribution is 2.44. The van der Waals surface area contributed by atoms with E-state index in [1.54, 1.807) is 60.7 Å². The zero-order chi connectivity index (χ0) is 39.0. The molecule has 0 aromatic heterocycles. The molecule has 57 heavy (non-hydrogen) atoms. The van der Waals surface area contributed by atoms with E-state index in [2.05, 4.69) is 13.8 Å². The standard InChI is InChI=1S/C51H32O6/c1-51(2,31-19-23-33(24-20-31)56-49-35-13-5-3-11-29(35)27-41-43(49)47(54)39-17-9-7-15-37(39)45(41)52)32-21-25-34(26-22-32)57-50-36-14-6-4-12-30(36)28-42-44(50)48(55)40-18-10-8-16-38(40)46(42)53/h3-28H,1-2H3. The van der Waals surface area contributed by atoms with Gasteiger partial charge >= 0.3 is 0 Å². The SMILES string of the molecule is CC(C)(c1ccc(Oc2c3c(cc4ccccc24)C(=O)c2ccccc2C3=O)cc1)c1ccc(Oc2c3c(cc4ccccc24)C(=O)c2ccccc2C3=O)cc1. The van der Waals surface area contributed by atoms with E-state index in [4.69, 9.17) is 9.47 Å². The van der Waals surface area contributed by atoms with Gasteiger partial charge < -0.3 is 9.47 Å². The molecule has 0 amide bonds. The zero-order valence-electron chi connectivity index (χ0n) is 31.0. The van der Waals surface area contributed by atoms with Gasteiger partial charge in [-0.1, -0.05) is 135 Å². The van der Waals surface area contributed by atoms with Crippen molar-refractivity contribution >= 4 is 44.7 Å². The van der Waals surface area contributed by atoms with Crippen LogP contribution in [0.4, 0.5) is 0 Å². The number of benzene rings is 8. The molecule has 0 atom stereocenters. The number of fused-ring (bicyclic) bond motifs is 6. The van der Waals surface area contributed by atoms with Crippen LogP contribution < -0.4 is 9.47 Å². The molecule has 0 radical (unpaired) electrons. The molecule has 0 fully saturated rings. The van der Waals surface area contributed by atoms with E-state index < -0.39 is 5.41 Å². The molecule has 0 spiro atoms. The van der Waals surface area contributed by atoms with Crippen LogP contribution in [0.15, 0.2) is 158 Å². The average Bonchev–Trinajstić information content (AvgIpc) is 3.25. The van der Waals surface area contributed by atoms with Gasteiger partial charge in [0.15, 0.2) is 23.1 Å². The number of rotatable bonds is 6. The van der Waals surface area contributed by atoms with E-state index in [0.717, 1.165) is 32.7 Å². The maximum absolute atomic E-state index is 13.9. The summed E-state index contributed by atoms with van der Waals surface area (Å²) in [5.41, 5.74) is 4.36. The number of carbonyl (C=O) groups is 4. The summed E-state index contributed by atoms with van der Waals surface area (Å²) in [6, 6.07) is 48.1. The molecule has 0 heterocycles. The van der Waals surface area contributed by atoms with Crippen molar-refractivity contribution in [3.8, 4) is 23.0 Å². The topological polar surface area (TPSA) is 86.7 Å². The van der Waals surface area contributed by atoms with Crippen molar-refractivity contribution in [2.75, 3.05) is 0 Å². The predicted octanol–water partition coefficient (Wildman–Crippen LogP) is 11.5.